The maximum atomic E-state index is 10.9. The number of hydrogen-bond acceptors (Lipinski definition) is 2. The standard InChI is InChI=1S/C30H42O2Si/c1-24(15-14-22-31)30(7)21-20-25(29(30,5)6)23-32-33(28(2,3)4,26-16-10-8-11-17-26)27-18-12-9-13-19-27/h8-19,22,24-25H,20-21,23H2,1-7H3/b15-14+/t24-,25-,30-/m0/s1. The van der Waals surface area contributed by atoms with Gasteiger partial charge < -0.3 is 4.43 Å². The Morgan fingerprint density at radius 2 is 1.52 bits per heavy atom. The lowest BCUT2D eigenvalue weighted by Gasteiger charge is -2.47. The van der Waals surface area contributed by atoms with Gasteiger partial charge in [-0.1, -0.05) is 115 Å². The van der Waals surface area contributed by atoms with E-state index in [2.05, 4.69) is 115 Å². The third-order valence-corrected chi connectivity index (χ3v) is 13.9. The van der Waals surface area contributed by atoms with Gasteiger partial charge in [0.25, 0.3) is 8.32 Å². The first kappa shape index (κ1) is 25.6. The number of carbonyl (C=O) groups is 1. The highest BCUT2D eigenvalue weighted by molar-refractivity contribution is 6.99. The summed E-state index contributed by atoms with van der Waals surface area (Å²) in [5.41, 5.74) is 0.233. The molecule has 3 atom stereocenters. The minimum absolute atomic E-state index is 0.0122. The van der Waals surface area contributed by atoms with Crippen molar-refractivity contribution in [3.63, 3.8) is 0 Å². The molecule has 0 unspecified atom stereocenters. The van der Waals surface area contributed by atoms with Crippen molar-refractivity contribution in [2.24, 2.45) is 22.7 Å². The van der Waals surface area contributed by atoms with Crippen LogP contribution in [0.2, 0.25) is 5.04 Å². The van der Waals surface area contributed by atoms with Crippen LogP contribution in [-0.2, 0) is 9.22 Å². The fourth-order valence-corrected chi connectivity index (χ4v) is 10.7. The first-order valence-corrected chi connectivity index (χ1v) is 14.3. The number of hydrogen-bond donors (Lipinski definition) is 0. The molecule has 1 aliphatic carbocycles. The smallest absolute Gasteiger partial charge is 0.261 e. The number of rotatable bonds is 8. The van der Waals surface area contributed by atoms with E-state index in [0.717, 1.165) is 25.7 Å². The van der Waals surface area contributed by atoms with Gasteiger partial charge in [0, 0.05) is 6.61 Å². The van der Waals surface area contributed by atoms with Crippen LogP contribution in [0.4, 0.5) is 0 Å². The average molecular weight is 463 g/mol. The number of aldehydes is 1. The molecular weight excluding hydrogens is 420 g/mol. The largest absolute Gasteiger partial charge is 0.407 e. The van der Waals surface area contributed by atoms with Crippen LogP contribution in [-0.4, -0.2) is 21.2 Å². The van der Waals surface area contributed by atoms with E-state index in [-0.39, 0.29) is 15.9 Å². The summed E-state index contributed by atoms with van der Waals surface area (Å²) in [6.07, 6.45) is 6.95. The zero-order chi connectivity index (χ0) is 24.3. The van der Waals surface area contributed by atoms with Gasteiger partial charge in [0.05, 0.1) is 0 Å². The molecule has 0 radical (unpaired) electrons. The van der Waals surface area contributed by atoms with E-state index in [1.54, 1.807) is 6.08 Å². The second-order valence-corrected chi connectivity index (χ2v) is 16.0. The number of carbonyl (C=O) groups excluding carboxylic acids is 1. The Hall–Kier alpha value is -1.97. The molecule has 33 heavy (non-hydrogen) atoms. The minimum atomic E-state index is -2.53. The molecule has 0 spiro atoms. The van der Waals surface area contributed by atoms with Crippen LogP contribution >= 0.6 is 0 Å². The molecule has 0 amide bonds. The van der Waals surface area contributed by atoms with Crippen molar-refractivity contribution < 1.29 is 9.22 Å². The fourth-order valence-electron chi connectivity index (χ4n) is 6.14. The molecule has 0 aromatic heterocycles. The molecule has 0 aliphatic heterocycles. The van der Waals surface area contributed by atoms with E-state index < -0.39 is 8.32 Å². The minimum Gasteiger partial charge on any atom is -0.407 e. The van der Waals surface area contributed by atoms with Crippen molar-refractivity contribution >= 4 is 25.0 Å². The molecule has 0 saturated heterocycles. The fraction of sp³-hybridized carbons (Fsp3) is 0.500. The van der Waals surface area contributed by atoms with Crippen molar-refractivity contribution in [3.05, 3.63) is 72.8 Å². The topological polar surface area (TPSA) is 26.3 Å². The predicted molar refractivity (Wildman–Crippen MR) is 143 cm³/mol. The normalized spacial score (nSPS) is 24.2. The second-order valence-electron chi connectivity index (χ2n) is 11.7. The van der Waals surface area contributed by atoms with Gasteiger partial charge in [-0.2, -0.15) is 0 Å². The van der Waals surface area contributed by atoms with E-state index in [0.29, 0.717) is 11.8 Å². The lowest BCUT2D eigenvalue weighted by molar-refractivity contribution is -0.104. The van der Waals surface area contributed by atoms with Crippen LogP contribution in [0.3, 0.4) is 0 Å². The average Bonchev–Trinajstić information content (AvgIpc) is 3.02. The number of allylic oxidation sites excluding steroid dienone is 2. The lowest BCUT2D eigenvalue weighted by atomic mass is 9.60. The molecule has 1 aliphatic rings. The Balaban J connectivity index is 1.99. The summed E-state index contributed by atoms with van der Waals surface area (Å²) in [7, 11) is -2.53. The predicted octanol–water partition coefficient (Wildman–Crippen LogP) is 6.40. The molecule has 0 N–H and O–H groups in total. The molecule has 0 heterocycles. The first-order chi connectivity index (χ1) is 15.5. The Kier molecular flexibility index (Phi) is 7.55. The van der Waals surface area contributed by atoms with Crippen LogP contribution in [0.1, 0.15) is 61.3 Å². The summed E-state index contributed by atoms with van der Waals surface area (Å²) in [5, 5.41) is 2.66. The molecule has 1 saturated carbocycles. The summed E-state index contributed by atoms with van der Waals surface area (Å²) >= 11 is 0. The Labute approximate surface area is 202 Å². The van der Waals surface area contributed by atoms with Gasteiger partial charge in [-0.25, -0.2) is 0 Å². The van der Waals surface area contributed by atoms with Gasteiger partial charge >= 0.3 is 0 Å². The van der Waals surface area contributed by atoms with Crippen molar-refractivity contribution in [1.29, 1.82) is 0 Å². The molecule has 178 valence electrons. The Bertz CT molecular complexity index is 903. The zero-order valence-electron chi connectivity index (χ0n) is 21.6. The van der Waals surface area contributed by atoms with Crippen LogP contribution in [0, 0.1) is 22.7 Å². The summed E-state index contributed by atoms with van der Waals surface area (Å²) in [6, 6.07) is 21.8. The number of benzene rings is 2. The summed E-state index contributed by atoms with van der Waals surface area (Å²) in [5.74, 6) is 0.812. The van der Waals surface area contributed by atoms with E-state index in [9.17, 15) is 4.79 Å². The van der Waals surface area contributed by atoms with Gasteiger partial charge in [-0.3, -0.25) is 4.79 Å². The summed E-state index contributed by atoms with van der Waals surface area (Å²) in [4.78, 5) is 10.9. The van der Waals surface area contributed by atoms with Gasteiger partial charge in [-0.15, -0.1) is 0 Å². The van der Waals surface area contributed by atoms with Crippen LogP contribution in [0.5, 0.6) is 0 Å². The van der Waals surface area contributed by atoms with Crippen molar-refractivity contribution in [2.45, 2.75) is 66.3 Å². The third-order valence-electron chi connectivity index (χ3n) is 8.91. The molecule has 2 aromatic carbocycles. The maximum absolute atomic E-state index is 10.9. The van der Waals surface area contributed by atoms with Crippen LogP contribution in [0.25, 0.3) is 0 Å². The molecule has 3 heteroatoms. The molecular formula is C30H42O2Si. The molecule has 1 fully saturated rings. The van der Waals surface area contributed by atoms with E-state index in [1.165, 1.54) is 10.4 Å². The van der Waals surface area contributed by atoms with Crippen molar-refractivity contribution in [3.8, 4) is 0 Å². The quantitative estimate of drug-likeness (QED) is 0.258. The highest BCUT2D eigenvalue weighted by atomic mass is 28.4. The van der Waals surface area contributed by atoms with Gasteiger partial charge in [0.15, 0.2) is 0 Å². The highest BCUT2D eigenvalue weighted by Gasteiger charge is 2.55. The molecule has 2 aromatic rings. The van der Waals surface area contributed by atoms with Crippen LogP contribution in [0.15, 0.2) is 72.8 Å². The summed E-state index contributed by atoms with van der Waals surface area (Å²) < 4.78 is 7.30. The van der Waals surface area contributed by atoms with Gasteiger partial charge in [0.2, 0.25) is 0 Å². The van der Waals surface area contributed by atoms with E-state index >= 15 is 0 Å². The first-order valence-electron chi connectivity index (χ1n) is 12.4. The summed E-state index contributed by atoms with van der Waals surface area (Å²) in [6.45, 7) is 17.3. The van der Waals surface area contributed by atoms with E-state index in [1.807, 2.05) is 0 Å². The van der Waals surface area contributed by atoms with Gasteiger partial charge in [-0.05, 0) is 57.0 Å². The Morgan fingerprint density at radius 3 is 1.97 bits per heavy atom. The Morgan fingerprint density at radius 1 is 1.00 bits per heavy atom. The molecule has 2 nitrogen and oxygen atoms in total. The maximum Gasteiger partial charge on any atom is 0.261 e. The second kappa shape index (κ2) is 9.72. The third kappa shape index (κ3) is 4.55. The zero-order valence-corrected chi connectivity index (χ0v) is 22.6. The molecule has 3 rings (SSSR count). The molecule has 0 bridgehead atoms. The van der Waals surface area contributed by atoms with Crippen molar-refractivity contribution in [2.75, 3.05) is 6.61 Å². The monoisotopic (exact) mass is 462 g/mol. The lowest BCUT2D eigenvalue weighted by Crippen LogP contribution is -2.67. The highest BCUT2D eigenvalue weighted by Crippen LogP contribution is 2.60. The SMILES string of the molecule is C[C@@H](/C=C/C=O)[C@]1(C)CC[C@@H](CO[Si](c2ccccc2)(c2ccccc2)C(C)(C)C)C1(C)C. The van der Waals surface area contributed by atoms with E-state index in [4.69, 9.17) is 4.43 Å². The van der Waals surface area contributed by atoms with Gasteiger partial charge in [0.1, 0.15) is 6.29 Å². The van der Waals surface area contributed by atoms with Crippen molar-refractivity contribution in [1.82, 2.24) is 0 Å². The van der Waals surface area contributed by atoms with Crippen LogP contribution < -0.4 is 10.4 Å².